The fraction of sp³-hybridized carbons (Fsp3) is 0.100. The molecule has 4 nitrogen and oxygen atoms in total. The van der Waals surface area contributed by atoms with E-state index in [9.17, 15) is 4.79 Å². The van der Waals surface area contributed by atoms with Crippen molar-refractivity contribution in [1.29, 1.82) is 0 Å². The summed E-state index contributed by atoms with van der Waals surface area (Å²) in [5.41, 5.74) is 2.70. The number of hydroxylamine groups is 1. The second-order valence-electron chi connectivity index (χ2n) is 2.76. The Morgan fingerprint density at radius 1 is 1.29 bits per heavy atom. The van der Waals surface area contributed by atoms with Crippen LogP contribution in [0.15, 0.2) is 39.5 Å². The molecule has 1 N–H and O–H groups in total. The third-order valence-corrected chi connectivity index (χ3v) is 1.81. The number of fused-ring (bicyclic) bond motifs is 1. The van der Waals surface area contributed by atoms with Crippen molar-refractivity contribution in [2.24, 2.45) is 0 Å². The average molecular weight is 191 g/mol. The molecule has 0 spiro atoms. The summed E-state index contributed by atoms with van der Waals surface area (Å²) in [4.78, 5) is 16.0. The van der Waals surface area contributed by atoms with Gasteiger partial charge in [-0.2, -0.15) is 5.48 Å². The van der Waals surface area contributed by atoms with Gasteiger partial charge in [0.2, 0.25) is 0 Å². The molecule has 1 heterocycles. The Kier molecular flexibility index (Phi) is 2.20. The monoisotopic (exact) mass is 191 g/mol. The van der Waals surface area contributed by atoms with Crippen molar-refractivity contribution in [3.05, 3.63) is 40.8 Å². The molecule has 0 amide bonds. The Balaban J connectivity index is 2.58. The average Bonchev–Trinajstić information content (AvgIpc) is 2.17. The van der Waals surface area contributed by atoms with E-state index in [0.29, 0.717) is 11.3 Å². The smallest absolute Gasteiger partial charge is 0.336 e. The van der Waals surface area contributed by atoms with Gasteiger partial charge in [-0.05, 0) is 18.2 Å². The van der Waals surface area contributed by atoms with Crippen LogP contribution >= 0.6 is 0 Å². The summed E-state index contributed by atoms with van der Waals surface area (Å²) >= 11 is 0. The van der Waals surface area contributed by atoms with E-state index in [4.69, 9.17) is 9.25 Å². The highest BCUT2D eigenvalue weighted by atomic mass is 16.6. The number of nitrogens with one attached hydrogen (secondary N) is 1. The van der Waals surface area contributed by atoms with E-state index in [1.165, 1.54) is 6.07 Å². The van der Waals surface area contributed by atoms with Gasteiger partial charge in [-0.1, -0.05) is 0 Å². The Bertz CT molecular complexity index is 504. The molecule has 0 fully saturated rings. The molecular formula is C10H9NO3. The molecule has 0 bridgehead atoms. The highest BCUT2D eigenvalue weighted by Gasteiger charge is 1.99. The molecule has 0 atom stereocenters. The minimum Gasteiger partial charge on any atom is -0.423 e. The van der Waals surface area contributed by atoms with Crippen LogP contribution < -0.4 is 15.9 Å². The summed E-state index contributed by atoms with van der Waals surface area (Å²) in [5.74, 6) is 0.606. The number of benzene rings is 1. The van der Waals surface area contributed by atoms with Crippen LogP contribution in [0.1, 0.15) is 0 Å². The van der Waals surface area contributed by atoms with Gasteiger partial charge in [-0.25, -0.2) is 4.79 Å². The van der Waals surface area contributed by atoms with Crippen LogP contribution in [0, 0.1) is 0 Å². The second-order valence-corrected chi connectivity index (χ2v) is 2.76. The molecule has 0 aliphatic carbocycles. The van der Waals surface area contributed by atoms with Gasteiger partial charge in [0.15, 0.2) is 5.75 Å². The van der Waals surface area contributed by atoms with Gasteiger partial charge in [0, 0.05) is 24.6 Å². The van der Waals surface area contributed by atoms with Crippen LogP contribution in [0.3, 0.4) is 0 Å². The Hall–Kier alpha value is -1.81. The number of rotatable bonds is 2. The van der Waals surface area contributed by atoms with Gasteiger partial charge < -0.3 is 9.25 Å². The molecule has 72 valence electrons. The van der Waals surface area contributed by atoms with Gasteiger partial charge in [-0.3, -0.25) is 0 Å². The summed E-state index contributed by atoms with van der Waals surface area (Å²) in [6.07, 6.45) is 0. The van der Waals surface area contributed by atoms with Crippen LogP contribution in [0.2, 0.25) is 0 Å². The fourth-order valence-electron chi connectivity index (χ4n) is 1.22. The SMILES string of the molecule is CNOc1ccc2ccc(=O)oc2c1. The maximum Gasteiger partial charge on any atom is 0.336 e. The first kappa shape index (κ1) is 8.77. The fourth-order valence-corrected chi connectivity index (χ4v) is 1.22. The van der Waals surface area contributed by atoms with Crippen molar-refractivity contribution >= 4 is 11.0 Å². The minimum atomic E-state index is -0.362. The Morgan fingerprint density at radius 3 is 2.86 bits per heavy atom. The molecule has 0 radical (unpaired) electrons. The van der Waals surface area contributed by atoms with Crippen molar-refractivity contribution in [2.45, 2.75) is 0 Å². The molecule has 2 aromatic rings. The van der Waals surface area contributed by atoms with Crippen molar-refractivity contribution in [3.8, 4) is 5.75 Å². The van der Waals surface area contributed by atoms with Gasteiger partial charge in [0.1, 0.15) is 5.58 Å². The van der Waals surface area contributed by atoms with Crippen molar-refractivity contribution in [1.82, 2.24) is 5.48 Å². The van der Waals surface area contributed by atoms with Crippen molar-refractivity contribution in [3.63, 3.8) is 0 Å². The summed E-state index contributed by atoms with van der Waals surface area (Å²) in [7, 11) is 1.66. The predicted molar refractivity (Wildman–Crippen MR) is 52.2 cm³/mol. The minimum absolute atomic E-state index is 0.362. The highest BCUT2D eigenvalue weighted by Crippen LogP contribution is 2.18. The summed E-state index contributed by atoms with van der Waals surface area (Å²) in [5, 5.41) is 0.869. The summed E-state index contributed by atoms with van der Waals surface area (Å²) in [6, 6.07) is 8.38. The number of hydrogen-bond donors (Lipinski definition) is 1. The van der Waals surface area contributed by atoms with Crippen molar-refractivity contribution in [2.75, 3.05) is 7.05 Å². The second kappa shape index (κ2) is 3.51. The maximum absolute atomic E-state index is 10.9. The molecule has 0 aliphatic heterocycles. The third-order valence-electron chi connectivity index (χ3n) is 1.81. The van der Waals surface area contributed by atoms with Crippen LogP contribution in [0.5, 0.6) is 5.75 Å². The Morgan fingerprint density at radius 2 is 2.07 bits per heavy atom. The van der Waals surface area contributed by atoms with E-state index in [1.54, 1.807) is 25.2 Å². The van der Waals surface area contributed by atoms with Gasteiger partial charge in [-0.15, -0.1) is 0 Å². The lowest BCUT2D eigenvalue weighted by molar-refractivity contribution is 0.224. The normalized spacial score (nSPS) is 10.4. The zero-order chi connectivity index (χ0) is 9.97. The highest BCUT2D eigenvalue weighted by molar-refractivity contribution is 5.77. The molecule has 0 unspecified atom stereocenters. The van der Waals surface area contributed by atoms with Gasteiger partial charge >= 0.3 is 5.63 Å². The Labute approximate surface area is 80.1 Å². The lowest BCUT2D eigenvalue weighted by Crippen LogP contribution is -2.10. The van der Waals surface area contributed by atoms with E-state index in [1.807, 2.05) is 6.07 Å². The lowest BCUT2D eigenvalue weighted by atomic mass is 10.2. The van der Waals surface area contributed by atoms with Crippen LogP contribution in [-0.2, 0) is 0 Å². The molecule has 2 rings (SSSR count). The molecule has 4 heteroatoms. The first-order valence-corrected chi connectivity index (χ1v) is 4.17. The quantitative estimate of drug-likeness (QED) is 0.574. The molecule has 1 aromatic carbocycles. The van der Waals surface area contributed by atoms with Crippen LogP contribution in [0.25, 0.3) is 11.0 Å². The topological polar surface area (TPSA) is 51.5 Å². The molecule has 0 saturated heterocycles. The van der Waals surface area contributed by atoms with E-state index in [-0.39, 0.29) is 5.63 Å². The maximum atomic E-state index is 10.9. The molecule has 14 heavy (non-hydrogen) atoms. The largest absolute Gasteiger partial charge is 0.423 e. The standard InChI is InChI=1S/C10H9NO3/c1-11-14-8-4-2-7-3-5-10(12)13-9(7)6-8/h2-6,11H,1H3. The van der Waals surface area contributed by atoms with E-state index < -0.39 is 0 Å². The molecule has 0 saturated carbocycles. The third kappa shape index (κ3) is 1.60. The lowest BCUT2D eigenvalue weighted by Gasteiger charge is -2.02. The summed E-state index contributed by atoms with van der Waals surface area (Å²) < 4.78 is 4.99. The predicted octanol–water partition coefficient (Wildman–Crippen LogP) is 1.31. The zero-order valence-corrected chi connectivity index (χ0v) is 7.61. The van der Waals surface area contributed by atoms with Gasteiger partial charge in [0.05, 0.1) is 0 Å². The van der Waals surface area contributed by atoms with Crippen LogP contribution in [0.4, 0.5) is 0 Å². The van der Waals surface area contributed by atoms with E-state index >= 15 is 0 Å². The summed E-state index contributed by atoms with van der Waals surface area (Å²) in [6.45, 7) is 0. The first-order valence-electron chi connectivity index (χ1n) is 4.17. The van der Waals surface area contributed by atoms with E-state index in [2.05, 4.69) is 5.48 Å². The zero-order valence-electron chi connectivity index (χ0n) is 7.61. The van der Waals surface area contributed by atoms with Crippen LogP contribution in [-0.4, -0.2) is 7.05 Å². The molecule has 1 aromatic heterocycles. The molecule has 0 aliphatic rings. The first-order chi connectivity index (χ1) is 6.79. The van der Waals surface area contributed by atoms with Crippen molar-refractivity contribution < 1.29 is 9.25 Å². The van der Waals surface area contributed by atoms with Gasteiger partial charge in [0.25, 0.3) is 0 Å². The molecular weight excluding hydrogens is 182 g/mol. The number of hydrogen-bond acceptors (Lipinski definition) is 4. The van der Waals surface area contributed by atoms with E-state index in [0.717, 1.165) is 5.39 Å².